The van der Waals surface area contributed by atoms with Crippen molar-refractivity contribution in [1.82, 2.24) is 4.90 Å². The molecular weight excluding hydrogens is 164 g/mol. The molecule has 1 saturated heterocycles. The topological polar surface area (TPSA) is 3.24 Å². The number of hydrogen-bond acceptors (Lipinski definition) is 1. The average molecular weight is 176 g/mol. The Hall–Kier alpha value is 0.285. The van der Waals surface area contributed by atoms with Crippen molar-refractivity contribution in [2.75, 3.05) is 6.54 Å². The van der Waals surface area contributed by atoms with E-state index in [0.29, 0.717) is 6.54 Å². The first kappa shape index (κ1) is 12.4. The summed E-state index contributed by atoms with van der Waals surface area (Å²) in [7, 11) is 29.3. The van der Waals surface area contributed by atoms with Crippen molar-refractivity contribution < 1.29 is 0 Å². The number of likely N-dealkylation sites (tertiary alicyclic amines) is 1. The normalized spacial score (nSPS) is 31.8. The fraction of sp³-hybridized carbons (Fsp3) is 1.00. The van der Waals surface area contributed by atoms with E-state index >= 15 is 0 Å². The van der Waals surface area contributed by atoms with Gasteiger partial charge in [-0.1, -0.05) is 10.4 Å². The number of hydrogen-bond donors (Lipinski definition) is 0. The standard InChI is InChI=1S/C8H12B5N/c1-6(2,3)14-4-7(10,11)8(12,13)5(14)9/h5H,4H2,1-3H3. The van der Waals surface area contributed by atoms with Crippen molar-refractivity contribution >= 4 is 39.2 Å². The molecule has 1 aliphatic rings. The van der Waals surface area contributed by atoms with Crippen molar-refractivity contribution in [1.29, 1.82) is 0 Å². The molecule has 1 heterocycles. The van der Waals surface area contributed by atoms with Gasteiger partial charge < -0.3 is 4.90 Å². The van der Waals surface area contributed by atoms with Gasteiger partial charge in [-0.3, -0.25) is 0 Å². The van der Waals surface area contributed by atoms with Gasteiger partial charge >= 0.3 is 0 Å². The van der Waals surface area contributed by atoms with Gasteiger partial charge in [-0.25, -0.2) is 0 Å². The molecule has 0 aromatic rings. The second kappa shape index (κ2) is 3.14. The van der Waals surface area contributed by atoms with E-state index in [1.165, 1.54) is 0 Å². The first-order chi connectivity index (χ1) is 6.00. The quantitative estimate of drug-likeness (QED) is 0.450. The Morgan fingerprint density at radius 2 is 1.57 bits per heavy atom. The largest absolute Gasteiger partial charge is 0.306 e. The minimum Gasteiger partial charge on any atom is -0.306 e. The Labute approximate surface area is 93.8 Å². The smallest absolute Gasteiger partial charge is 0.0897 e. The second-order valence-electron chi connectivity index (χ2n) is 5.22. The van der Waals surface area contributed by atoms with Crippen molar-refractivity contribution in [3.63, 3.8) is 0 Å². The van der Waals surface area contributed by atoms with Gasteiger partial charge in [0.2, 0.25) is 0 Å². The molecule has 0 saturated carbocycles. The molecule has 0 aromatic carbocycles. The highest BCUT2D eigenvalue weighted by Crippen LogP contribution is 2.53. The highest BCUT2D eigenvalue weighted by atomic mass is 15.2. The highest BCUT2D eigenvalue weighted by Gasteiger charge is 2.50. The summed E-state index contributed by atoms with van der Waals surface area (Å²) in [4.78, 5) is 1.92. The van der Waals surface area contributed by atoms with E-state index in [4.69, 9.17) is 39.2 Å². The van der Waals surface area contributed by atoms with Gasteiger partial charge in [0.1, 0.15) is 0 Å². The van der Waals surface area contributed by atoms with Crippen molar-refractivity contribution in [2.24, 2.45) is 0 Å². The Balaban J connectivity index is 3.01. The van der Waals surface area contributed by atoms with Gasteiger partial charge in [-0.05, 0) is 33.3 Å². The fourth-order valence-corrected chi connectivity index (χ4v) is 1.70. The average Bonchev–Trinajstić information content (AvgIpc) is 2.09. The minimum absolute atomic E-state index is 0.149. The number of rotatable bonds is 0. The molecule has 0 aromatic heterocycles. The maximum atomic E-state index is 5.93. The first-order valence-corrected chi connectivity index (χ1v) is 4.68. The molecule has 6 heteroatoms. The van der Waals surface area contributed by atoms with Crippen molar-refractivity contribution in [2.45, 2.75) is 42.7 Å². The van der Waals surface area contributed by atoms with Crippen LogP contribution in [0.2, 0.25) is 10.4 Å². The van der Waals surface area contributed by atoms with Crippen LogP contribution in [0.25, 0.3) is 0 Å². The van der Waals surface area contributed by atoms with Crippen LogP contribution in [-0.2, 0) is 0 Å². The molecule has 1 fully saturated rings. The van der Waals surface area contributed by atoms with Crippen LogP contribution in [0.5, 0.6) is 0 Å². The third kappa shape index (κ3) is 1.71. The zero-order chi connectivity index (χ0) is 11.4. The van der Waals surface area contributed by atoms with Gasteiger partial charge in [0.05, 0.1) is 39.2 Å². The van der Waals surface area contributed by atoms with E-state index in [1.807, 2.05) is 25.7 Å². The summed E-state index contributed by atoms with van der Waals surface area (Å²) in [5.41, 5.74) is -0.149. The molecule has 0 aliphatic carbocycles. The van der Waals surface area contributed by atoms with E-state index < -0.39 is 16.4 Å². The predicted octanol–water partition coefficient (Wildman–Crippen LogP) is -0.499. The van der Waals surface area contributed by atoms with Gasteiger partial charge in [0.25, 0.3) is 0 Å². The minimum atomic E-state index is -1.26. The van der Waals surface area contributed by atoms with Crippen LogP contribution in [0.3, 0.4) is 0 Å². The van der Waals surface area contributed by atoms with E-state index in [-0.39, 0.29) is 5.54 Å². The van der Waals surface area contributed by atoms with Crippen molar-refractivity contribution in [3.8, 4) is 0 Å². The highest BCUT2D eigenvalue weighted by molar-refractivity contribution is 6.57. The Morgan fingerprint density at radius 1 is 1.14 bits per heavy atom. The molecule has 0 bridgehead atoms. The SMILES string of the molecule is [B]C1N(C(C)(C)C)CC([B])([B])C1([B])[B]. The van der Waals surface area contributed by atoms with Gasteiger partial charge in [-0.2, -0.15) is 0 Å². The molecule has 0 spiro atoms. The molecule has 0 N–H and O–H groups in total. The monoisotopic (exact) mass is 177 g/mol. The lowest BCUT2D eigenvalue weighted by Gasteiger charge is -2.42. The van der Waals surface area contributed by atoms with Gasteiger partial charge in [0, 0.05) is 5.54 Å². The van der Waals surface area contributed by atoms with E-state index in [2.05, 4.69) is 0 Å². The lowest BCUT2D eigenvalue weighted by Crippen LogP contribution is -2.47. The van der Waals surface area contributed by atoms with Crippen LogP contribution in [0.4, 0.5) is 0 Å². The molecular formula is C8H12B5N. The van der Waals surface area contributed by atoms with E-state index in [0.717, 1.165) is 0 Å². The lowest BCUT2D eigenvalue weighted by molar-refractivity contribution is 0.154. The van der Waals surface area contributed by atoms with Crippen LogP contribution in [0.1, 0.15) is 20.8 Å². The zero-order valence-corrected chi connectivity index (χ0v) is 9.12. The molecule has 14 heavy (non-hydrogen) atoms. The third-order valence-corrected chi connectivity index (χ3v) is 2.92. The van der Waals surface area contributed by atoms with Crippen LogP contribution >= 0.6 is 0 Å². The lowest BCUT2D eigenvalue weighted by atomic mass is 9.28. The van der Waals surface area contributed by atoms with Crippen LogP contribution in [0.15, 0.2) is 0 Å². The molecule has 1 rings (SSSR count). The summed E-state index contributed by atoms with van der Waals surface area (Å²) in [6.45, 7) is 6.45. The van der Waals surface area contributed by atoms with Crippen LogP contribution in [0, 0.1) is 0 Å². The molecule has 1 unspecified atom stereocenters. The van der Waals surface area contributed by atoms with Gasteiger partial charge in [0.15, 0.2) is 0 Å². The molecule has 10 radical (unpaired) electrons. The maximum absolute atomic E-state index is 5.93. The van der Waals surface area contributed by atoms with Gasteiger partial charge in [-0.15, -0.1) is 0 Å². The van der Waals surface area contributed by atoms with Crippen LogP contribution in [-0.4, -0.2) is 62.2 Å². The first-order valence-electron chi connectivity index (χ1n) is 4.68. The van der Waals surface area contributed by atoms with Crippen molar-refractivity contribution in [3.05, 3.63) is 0 Å². The zero-order valence-electron chi connectivity index (χ0n) is 9.12. The molecule has 64 valence electrons. The summed E-state index contributed by atoms with van der Waals surface area (Å²) in [5.74, 6) is -0.530. The third-order valence-electron chi connectivity index (χ3n) is 2.92. The van der Waals surface area contributed by atoms with E-state index in [1.54, 1.807) is 0 Å². The van der Waals surface area contributed by atoms with E-state index in [9.17, 15) is 0 Å². The maximum Gasteiger partial charge on any atom is 0.0897 e. The fourth-order valence-electron chi connectivity index (χ4n) is 1.70. The summed E-state index contributed by atoms with van der Waals surface area (Å²) in [5, 5.41) is -2.42. The number of nitrogens with zero attached hydrogens (tertiary/aromatic N) is 1. The summed E-state index contributed by atoms with van der Waals surface area (Å²) in [6, 6.07) is 0. The molecule has 1 atom stereocenters. The van der Waals surface area contributed by atoms with Crippen LogP contribution < -0.4 is 0 Å². The molecule has 0 amide bonds. The Kier molecular flexibility index (Phi) is 2.77. The Bertz CT molecular complexity index is 232. The Morgan fingerprint density at radius 3 is 1.71 bits per heavy atom. The second-order valence-corrected chi connectivity index (χ2v) is 5.22. The molecule has 1 aliphatic heterocycles. The summed E-state index contributed by atoms with van der Waals surface area (Å²) >= 11 is 0. The summed E-state index contributed by atoms with van der Waals surface area (Å²) in [6.07, 6.45) is 0. The summed E-state index contributed by atoms with van der Waals surface area (Å²) < 4.78 is 0. The predicted molar refractivity (Wildman–Crippen MR) is 64.4 cm³/mol. The molecule has 1 nitrogen and oxygen atoms in total.